The number of pyridine rings is 1. The first-order valence-electron chi connectivity index (χ1n) is 6.88. The van der Waals surface area contributed by atoms with Crippen LogP contribution in [0.3, 0.4) is 0 Å². The topological polar surface area (TPSA) is 54.9 Å². The van der Waals surface area contributed by atoms with Gasteiger partial charge in [0.25, 0.3) is 5.91 Å². The lowest BCUT2D eigenvalue weighted by atomic mass is 10.2. The first-order chi connectivity index (χ1) is 10.3. The maximum atomic E-state index is 12.2. The van der Waals surface area contributed by atoms with E-state index in [9.17, 15) is 4.79 Å². The zero-order chi connectivity index (χ0) is 14.7. The number of hydrogen-bond acceptors (Lipinski definition) is 4. The van der Waals surface area contributed by atoms with Crippen molar-refractivity contribution in [2.75, 3.05) is 6.54 Å². The summed E-state index contributed by atoms with van der Waals surface area (Å²) in [4.78, 5) is 21.2. The summed E-state index contributed by atoms with van der Waals surface area (Å²) in [6.45, 7) is 2.69. The quantitative estimate of drug-likeness (QED) is 0.802. The van der Waals surface area contributed by atoms with Gasteiger partial charge in [0.15, 0.2) is 0 Å². The Hall–Kier alpha value is -2.27. The Kier molecular flexibility index (Phi) is 3.92. The number of para-hydroxylation sites is 1. The van der Waals surface area contributed by atoms with Crippen molar-refractivity contribution in [3.8, 4) is 10.7 Å². The molecule has 2 aromatic heterocycles. The summed E-state index contributed by atoms with van der Waals surface area (Å²) in [7, 11) is 0. The van der Waals surface area contributed by atoms with Gasteiger partial charge in [-0.05, 0) is 30.7 Å². The lowest BCUT2D eigenvalue weighted by Gasteiger charge is -2.06. The van der Waals surface area contributed by atoms with Gasteiger partial charge in [-0.3, -0.25) is 9.78 Å². The number of carbonyl (C=O) groups is 1. The number of rotatable bonds is 4. The van der Waals surface area contributed by atoms with E-state index in [4.69, 9.17) is 0 Å². The lowest BCUT2D eigenvalue weighted by Crippen LogP contribution is -2.24. The van der Waals surface area contributed by atoms with Crippen molar-refractivity contribution in [2.24, 2.45) is 0 Å². The largest absolute Gasteiger partial charge is 0.352 e. The van der Waals surface area contributed by atoms with Crippen molar-refractivity contribution in [2.45, 2.75) is 13.3 Å². The molecular formula is C16H15N3OS. The van der Waals surface area contributed by atoms with Gasteiger partial charge >= 0.3 is 0 Å². The molecule has 0 saturated carbocycles. The van der Waals surface area contributed by atoms with Crippen molar-refractivity contribution in [1.29, 1.82) is 0 Å². The van der Waals surface area contributed by atoms with Crippen LogP contribution in [0.2, 0.25) is 0 Å². The first-order valence-corrected chi connectivity index (χ1v) is 7.70. The van der Waals surface area contributed by atoms with Crippen LogP contribution in [0.15, 0.2) is 42.6 Å². The minimum atomic E-state index is -0.0980. The number of hydrogen-bond donors (Lipinski definition) is 1. The van der Waals surface area contributed by atoms with E-state index in [2.05, 4.69) is 15.3 Å². The standard InChI is InChI=1S/C16H15N3OS/c1-2-9-18-15(20)11-6-5-10-17-14(11)16-19-12-7-3-4-8-13(12)21-16/h3-8,10H,2,9H2,1H3,(H,18,20). The van der Waals surface area contributed by atoms with Gasteiger partial charge < -0.3 is 5.32 Å². The minimum absolute atomic E-state index is 0.0980. The number of nitrogens with one attached hydrogen (secondary N) is 1. The van der Waals surface area contributed by atoms with E-state index in [-0.39, 0.29) is 5.91 Å². The van der Waals surface area contributed by atoms with Crippen molar-refractivity contribution in [3.05, 3.63) is 48.2 Å². The van der Waals surface area contributed by atoms with E-state index in [1.165, 1.54) is 0 Å². The van der Waals surface area contributed by atoms with Gasteiger partial charge in [-0.15, -0.1) is 11.3 Å². The molecule has 0 aliphatic rings. The zero-order valence-corrected chi connectivity index (χ0v) is 12.5. The molecule has 2 heterocycles. The monoisotopic (exact) mass is 297 g/mol. The van der Waals surface area contributed by atoms with Gasteiger partial charge in [0.1, 0.15) is 10.7 Å². The molecule has 0 unspecified atom stereocenters. The molecule has 0 radical (unpaired) electrons. The predicted octanol–water partition coefficient (Wildman–Crippen LogP) is 3.50. The molecule has 1 N–H and O–H groups in total. The summed E-state index contributed by atoms with van der Waals surface area (Å²) >= 11 is 1.55. The fourth-order valence-electron chi connectivity index (χ4n) is 2.07. The molecule has 0 fully saturated rings. The fourth-order valence-corrected chi connectivity index (χ4v) is 3.04. The molecule has 3 rings (SSSR count). The Morgan fingerprint density at radius 3 is 2.90 bits per heavy atom. The summed E-state index contributed by atoms with van der Waals surface area (Å²) in [6.07, 6.45) is 2.60. The van der Waals surface area contributed by atoms with Gasteiger partial charge in [-0.25, -0.2) is 4.98 Å². The Morgan fingerprint density at radius 2 is 2.10 bits per heavy atom. The van der Waals surface area contributed by atoms with Crippen molar-refractivity contribution >= 4 is 27.5 Å². The summed E-state index contributed by atoms with van der Waals surface area (Å²) in [5.41, 5.74) is 2.15. The van der Waals surface area contributed by atoms with E-state index >= 15 is 0 Å². The molecule has 106 valence electrons. The van der Waals surface area contributed by atoms with Gasteiger partial charge in [-0.1, -0.05) is 19.1 Å². The van der Waals surface area contributed by atoms with E-state index in [1.807, 2.05) is 31.2 Å². The highest BCUT2D eigenvalue weighted by Gasteiger charge is 2.16. The SMILES string of the molecule is CCCNC(=O)c1cccnc1-c1nc2ccccc2s1. The summed E-state index contributed by atoms with van der Waals surface area (Å²) in [5, 5.41) is 3.67. The molecule has 0 saturated heterocycles. The van der Waals surface area contributed by atoms with E-state index < -0.39 is 0 Å². The molecule has 1 aromatic carbocycles. The smallest absolute Gasteiger partial charge is 0.253 e. The molecule has 4 nitrogen and oxygen atoms in total. The Bertz CT molecular complexity index is 749. The Labute approximate surface area is 126 Å². The van der Waals surface area contributed by atoms with Gasteiger partial charge in [0.05, 0.1) is 15.8 Å². The normalized spacial score (nSPS) is 10.7. The second kappa shape index (κ2) is 6.01. The molecule has 0 atom stereocenters. The number of nitrogens with zero attached hydrogens (tertiary/aromatic N) is 2. The van der Waals surface area contributed by atoms with Crippen LogP contribution >= 0.6 is 11.3 Å². The second-order valence-electron chi connectivity index (χ2n) is 4.64. The maximum Gasteiger partial charge on any atom is 0.253 e. The Morgan fingerprint density at radius 1 is 1.24 bits per heavy atom. The number of amides is 1. The van der Waals surface area contributed by atoms with Gasteiger partial charge in [0.2, 0.25) is 0 Å². The van der Waals surface area contributed by atoms with E-state index in [0.717, 1.165) is 21.6 Å². The Balaban J connectivity index is 2.03. The molecule has 3 aromatic rings. The molecule has 21 heavy (non-hydrogen) atoms. The van der Waals surface area contributed by atoms with E-state index in [0.29, 0.717) is 17.8 Å². The molecular weight excluding hydrogens is 282 g/mol. The lowest BCUT2D eigenvalue weighted by molar-refractivity contribution is 0.0954. The highest BCUT2D eigenvalue weighted by atomic mass is 32.1. The van der Waals surface area contributed by atoms with Crippen LogP contribution in [-0.4, -0.2) is 22.4 Å². The van der Waals surface area contributed by atoms with Gasteiger partial charge in [-0.2, -0.15) is 0 Å². The zero-order valence-electron chi connectivity index (χ0n) is 11.7. The summed E-state index contributed by atoms with van der Waals surface area (Å²) in [5.74, 6) is -0.0980. The number of carbonyl (C=O) groups excluding carboxylic acids is 1. The van der Waals surface area contributed by atoms with Crippen LogP contribution in [0, 0.1) is 0 Å². The van der Waals surface area contributed by atoms with Crippen molar-refractivity contribution in [3.63, 3.8) is 0 Å². The molecule has 0 aliphatic carbocycles. The number of benzene rings is 1. The van der Waals surface area contributed by atoms with E-state index in [1.54, 1.807) is 29.7 Å². The third kappa shape index (κ3) is 2.78. The predicted molar refractivity (Wildman–Crippen MR) is 85.5 cm³/mol. The number of thiazole rings is 1. The first kappa shape index (κ1) is 13.7. The maximum absolute atomic E-state index is 12.2. The molecule has 0 bridgehead atoms. The molecule has 0 aliphatic heterocycles. The number of fused-ring (bicyclic) bond motifs is 1. The molecule has 1 amide bonds. The van der Waals surface area contributed by atoms with Crippen LogP contribution in [0.25, 0.3) is 20.9 Å². The second-order valence-corrected chi connectivity index (χ2v) is 5.67. The van der Waals surface area contributed by atoms with Crippen molar-refractivity contribution < 1.29 is 4.79 Å². The number of aromatic nitrogens is 2. The highest BCUT2D eigenvalue weighted by Crippen LogP contribution is 2.30. The minimum Gasteiger partial charge on any atom is -0.352 e. The fraction of sp³-hybridized carbons (Fsp3) is 0.188. The van der Waals surface area contributed by atoms with Crippen LogP contribution in [-0.2, 0) is 0 Å². The van der Waals surface area contributed by atoms with Crippen LogP contribution < -0.4 is 5.32 Å². The average Bonchev–Trinajstić information content (AvgIpc) is 2.96. The third-order valence-electron chi connectivity index (χ3n) is 3.08. The average molecular weight is 297 g/mol. The summed E-state index contributed by atoms with van der Waals surface area (Å²) < 4.78 is 1.10. The van der Waals surface area contributed by atoms with Gasteiger partial charge in [0, 0.05) is 12.7 Å². The van der Waals surface area contributed by atoms with Crippen LogP contribution in [0.4, 0.5) is 0 Å². The van der Waals surface area contributed by atoms with Crippen LogP contribution in [0.5, 0.6) is 0 Å². The summed E-state index contributed by atoms with van der Waals surface area (Å²) in [6, 6.07) is 11.5. The highest BCUT2D eigenvalue weighted by molar-refractivity contribution is 7.21. The molecule has 5 heteroatoms. The molecule has 0 spiro atoms. The third-order valence-corrected chi connectivity index (χ3v) is 4.13. The van der Waals surface area contributed by atoms with Crippen LogP contribution in [0.1, 0.15) is 23.7 Å². The van der Waals surface area contributed by atoms with Crippen molar-refractivity contribution in [1.82, 2.24) is 15.3 Å².